The van der Waals surface area contributed by atoms with E-state index < -0.39 is 13.0 Å². The summed E-state index contributed by atoms with van der Waals surface area (Å²) in [6.45, 7) is -0.519. The van der Waals surface area contributed by atoms with Crippen molar-refractivity contribution in [3.8, 4) is 0 Å². The van der Waals surface area contributed by atoms with Crippen molar-refractivity contribution in [1.29, 1.82) is 0 Å². The van der Waals surface area contributed by atoms with Gasteiger partial charge in [-0.1, -0.05) is 0 Å². The Labute approximate surface area is 84.5 Å². The molecule has 0 aliphatic carbocycles. The van der Waals surface area contributed by atoms with Gasteiger partial charge in [0.15, 0.2) is 0 Å². The fourth-order valence-corrected chi connectivity index (χ4v) is 1.45. The quantitative estimate of drug-likeness (QED) is 0.768. The molecule has 0 amide bonds. The van der Waals surface area contributed by atoms with Gasteiger partial charge in [0.1, 0.15) is 5.82 Å². The van der Waals surface area contributed by atoms with Crippen LogP contribution < -0.4 is 5.73 Å². The number of hydrogen-bond donors (Lipinski definition) is 2. The number of anilines is 1. The van der Waals surface area contributed by atoms with Crippen molar-refractivity contribution < 1.29 is 13.9 Å². The predicted octanol–water partition coefficient (Wildman–Crippen LogP) is 1.83. The lowest BCUT2D eigenvalue weighted by Gasteiger charge is -2.11. The van der Waals surface area contributed by atoms with Gasteiger partial charge in [0.25, 0.3) is 6.43 Å². The molecule has 0 saturated carbocycles. The molecule has 0 atom stereocenters. The molecule has 3 N–H and O–H groups in total. The maximum Gasteiger partial charge on any atom is 0.265 e. The van der Waals surface area contributed by atoms with E-state index in [1.807, 2.05) is 0 Å². The summed E-state index contributed by atoms with van der Waals surface area (Å²) < 4.78 is 24.9. The lowest BCUT2D eigenvalue weighted by Crippen LogP contribution is -2.06. The number of alkyl halides is 3. The van der Waals surface area contributed by atoms with Crippen LogP contribution in [0.1, 0.15) is 23.1 Å². The first-order valence-corrected chi connectivity index (χ1v) is 4.36. The molecule has 0 fully saturated rings. The van der Waals surface area contributed by atoms with Gasteiger partial charge in [-0.2, -0.15) is 0 Å². The summed E-state index contributed by atoms with van der Waals surface area (Å²) >= 11 is 5.52. The summed E-state index contributed by atoms with van der Waals surface area (Å²) in [6.07, 6.45) is -1.73. The van der Waals surface area contributed by atoms with Gasteiger partial charge in [-0.25, -0.2) is 13.8 Å². The number of hydrogen-bond acceptors (Lipinski definition) is 3. The summed E-state index contributed by atoms with van der Waals surface area (Å²) in [5.41, 5.74) is 5.45. The standard InChI is InChI=1S/C8H9ClF2N2O/c9-1-4-6(3-14)5(7(10)11)2-13-8(4)12/h2,7,14H,1,3H2,(H2,12,13). The topological polar surface area (TPSA) is 59.1 Å². The first kappa shape index (κ1) is 11.1. The van der Waals surface area contributed by atoms with Crippen LogP contribution in [0.3, 0.4) is 0 Å². The summed E-state index contributed by atoms with van der Waals surface area (Å²) in [5, 5.41) is 8.93. The summed E-state index contributed by atoms with van der Waals surface area (Å²) in [4.78, 5) is 3.58. The Morgan fingerprint density at radius 1 is 1.50 bits per heavy atom. The van der Waals surface area contributed by atoms with Crippen LogP contribution >= 0.6 is 11.6 Å². The van der Waals surface area contributed by atoms with Crippen molar-refractivity contribution in [2.75, 3.05) is 5.73 Å². The van der Waals surface area contributed by atoms with Gasteiger partial charge in [-0.05, 0) is 5.56 Å². The molecular weight excluding hydrogens is 214 g/mol. The normalized spacial score (nSPS) is 10.9. The van der Waals surface area contributed by atoms with E-state index in [2.05, 4.69) is 4.98 Å². The van der Waals surface area contributed by atoms with Crippen LogP contribution in [0.2, 0.25) is 0 Å². The second-order valence-corrected chi connectivity index (χ2v) is 2.92. The molecule has 0 bridgehead atoms. The van der Waals surface area contributed by atoms with E-state index in [-0.39, 0.29) is 28.4 Å². The van der Waals surface area contributed by atoms with Gasteiger partial charge in [0, 0.05) is 17.3 Å². The molecule has 0 aromatic carbocycles. The maximum atomic E-state index is 12.4. The van der Waals surface area contributed by atoms with Crippen molar-refractivity contribution in [2.45, 2.75) is 18.9 Å². The van der Waals surface area contributed by atoms with Gasteiger partial charge in [-0.3, -0.25) is 0 Å². The fourth-order valence-electron chi connectivity index (χ4n) is 1.15. The van der Waals surface area contributed by atoms with Gasteiger partial charge in [0.05, 0.1) is 12.5 Å². The minimum absolute atomic E-state index is 0.0463. The average Bonchev–Trinajstić information content (AvgIpc) is 2.16. The van der Waals surface area contributed by atoms with E-state index in [0.717, 1.165) is 6.20 Å². The van der Waals surface area contributed by atoms with Crippen LogP contribution in [-0.4, -0.2) is 10.1 Å². The molecule has 1 aromatic heterocycles. The molecular formula is C8H9ClF2N2O. The Kier molecular flexibility index (Phi) is 3.60. The summed E-state index contributed by atoms with van der Waals surface area (Å²) in [6, 6.07) is 0. The Balaban J connectivity index is 3.33. The van der Waals surface area contributed by atoms with Crippen LogP contribution in [0.25, 0.3) is 0 Å². The molecule has 78 valence electrons. The molecule has 0 aliphatic heterocycles. The van der Waals surface area contributed by atoms with Crippen molar-refractivity contribution in [1.82, 2.24) is 4.98 Å². The van der Waals surface area contributed by atoms with Gasteiger partial charge in [0.2, 0.25) is 0 Å². The third-order valence-electron chi connectivity index (χ3n) is 1.89. The Morgan fingerprint density at radius 3 is 2.57 bits per heavy atom. The number of rotatable bonds is 3. The molecule has 0 saturated heterocycles. The number of nitrogens with two attached hydrogens (primary N) is 1. The third kappa shape index (κ3) is 1.93. The summed E-state index contributed by atoms with van der Waals surface area (Å²) in [5.74, 6) is 0.0309. The molecule has 0 spiro atoms. The van der Waals surface area contributed by atoms with Gasteiger partial charge in [-0.15, -0.1) is 11.6 Å². The number of nitrogens with zero attached hydrogens (tertiary/aromatic N) is 1. The highest BCUT2D eigenvalue weighted by Gasteiger charge is 2.17. The molecule has 1 rings (SSSR count). The Morgan fingerprint density at radius 2 is 2.14 bits per heavy atom. The average molecular weight is 223 g/mol. The van der Waals surface area contributed by atoms with Crippen LogP contribution in [-0.2, 0) is 12.5 Å². The zero-order chi connectivity index (χ0) is 10.7. The molecule has 14 heavy (non-hydrogen) atoms. The highest BCUT2D eigenvalue weighted by molar-refractivity contribution is 6.17. The van der Waals surface area contributed by atoms with Crippen molar-refractivity contribution >= 4 is 17.4 Å². The minimum Gasteiger partial charge on any atom is -0.392 e. The zero-order valence-corrected chi connectivity index (χ0v) is 7.93. The molecule has 1 aromatic rings. The first-order valence-electron chi connectivity index (χ1n) is 3.82. The number of halogens is 3. The van der Waals surface area contributed by atoms with Crippen LogP contribution in [0.5, 0.6) is 0 Å². The molecule has 0 unspecified atom stereocenters. The SMILES string of the molecule is Nc1ncc(C(F)F)c(CO)c1CCl. The van der Waals surface area contributed by atoms with Crippen LogP contribution in [0.15, 0.2) is 6.20 Å². The van der Waals surface area contributed by atoms with E-state index in [4.69, 9.17) is 22.4 Å². The molecule has 1 heterocycles. The largest absolute Gasteiger partial charge is 0.392 e. The monoisotopic (exact) mass is 222 g/mol. The summed E-state index contributed by atoms with van der Waals surface area (Å²) in [7, 11) is 0. The van der Waals surface area contributed by atoms with Crippen molar-refractivity contribution in [3.05, 3.63) is 22.9 Å². The number of nitrogen functional groups attached to an aromatic ring is 1. The van der Waals surface area contributed by atoms with Crippen LogP contribution in [0, 0.1) is 0 Å². The van der Waals surface area contributed by atoms with E-state index >= 15 is 0 Å². The maximum absolute atomic E-state index is 12.4. The van der Waals surface area contributed by atoms with E-state index in [1.54, 1.807) is 0 Å². The minimum atomic E-state index is -2.69. The highest BCUT2D eigenvalue weighted by atomic mass is 35.5. The van der Waals surface area contributed by atoms with Crippen molar-refractivity contribution in [3.63, 3.8) is 0 Å². The number of aliphatic hydroxyl groups is 1. The van der Waals surface area contributed by atoms with Gasteiger partial charge < -0.3 is 10.8 Å². The van der Waals surface area contributed by atoms with Gasteiger partial charge >= 0.3 is 0 Å². The number of aromatic nitrogens is 1. The van der Waals surface area contributed by atoms with E-state index in [9.17, 15) is 8.78 Å². The van der Waals surface area contributed by atoms with E-state index in [1.165, 1.54) is 0 Å². The lowest BCUT2D eigenvalue weighted by atomic mass is 10.1. The second kappa shape index (κ2) is 4.52. The first-order chi connectivity index (χ1) is 6.61. The third-order valence-corrected chi connectivity index (χ3v) is 2.16. The number of pyridine rings is 1. The molecule has 0 aliphatic rings. The molecule has 6 heteroatoms. The van der Waals surface area contributed by atoms with Crippen molar-refractivity contribution in [2.24, 2.45) is 0 Å². The number of aliphatic hydroxyl groups excluding tert-OH is 1. The predicted molar refractivity (Wildman–Crippen MR) is 49.1 cm³/mol. The highest BCUT2D eigenvalue weighted by Crippen LogP contribution is 2.28. The smallest absolute Gasteiger partial charge is 0.265 e. The second-order valence-electron chi connectivity index (χ2n) is 2.65. The van der Waals surface area contributed by atoms with Crippen LogP contribution in [0.4, 0.5) is 14.6 Å². The fraction of sp³-hybridized carbons (Fsp3) is 0.375. The Bertz CT molecular complexity index is 333. The van der Waals surface area contributed by atoms with E-state index in [0.29, 0.717) is 0 Å². The molecule has 3 nitrogen and oxygen atoms in total. The Hall–Kier alpha value is -0.940. The lowest BCUT2D eigenvalue weighted by molar-refractivity contribution is 0.146. The zero-order valence-electron chi connectivity index (χ0n) is 7.17. The molecule has 0 radical (unpaired) electrons.